The van der Waals surface area contributed by atoms with E-state index in [0.717, 1.165) is 11.1 Å². The second-order valence-electron chi connectivity index (χ2n) is 14.5. The number of hydrogen-bond acceptors (Lipinski definition) is 8. The summed E-state index contributed by atoms with van der Waals surface area (Å²) >= 11 is 0. The highest BCUT2D eigenvalue weighted by molar-refractivity contribution is 5.98. The standard InChI is InChI=1S/C45H54N6O8/c1-4-28(3)41(51-44(58)37(48-39(54)5-2)26-31-16-22-34(52)23-17-31)45(59)50-35(24-29-12-8-6-9-13-29)38(53)27-40(55)49-36(25-30-14-10-7-11-15-30)43(57)47-33-20-18-32(19-21-33)42(46)56/h6-23,28,35-38,41,52-53H,4-5,24-27H2,1-3H3,(H2,46,56)(H,47,57)(H,48,54)(H,49,55)(H,50,59)(H,51,58)/t28?,35-,36-,37-,38-,41-/m0/s1. The van der Waals surface area contributed by atoms with E-state index in [4.69, 9.17) is 5.73 Å². The van der Waals surface area contributed by atoms with Crippen molar-refractivity contribution < 1.29 is 39.0 Å². The smallest absolute Gasteiger partial charge is 0.248 e. The van der Waals surface area contributed by atoms with Crippen LogP contribution in [0.2, 0.25) is 0 Å². The van der Waals surface area contributed by atoms with Gasteiger partial charge in [-0.2, -0.15) is 0 Å². The summed E-state index contributed by atoms with van der Waals surface area (Å²) in [6.07, 6.45) is -0.930. The van der Waals surface area contributed by atoms with Crippen LogP contribution < -0.4 is 32.3 Å². The van der Waals surface area contributed by atoms with Crippen LogP contribution in [0.3, 0.4) is 0 Å². The van der Waals surface area contributed by atoms with Gasteiger partial charge < -0.3 is 42.5 Å². The first-order valence-electron chi connectivity index (χ1n) is 19.7. The summed E-state index contributed by atoms with van der Waals surface area (Å²) in [4.78, 5) is 79.1. The van der Waals surface area contributed by atoms with Crippen molar-refractivity contribution in [1.82, 2.24) is 21.3 Å². The zero-order chi connectivity index (χ0) is 42.9. The Morgan fingerprint density at radius 1 is 0.610 bits per heavy atom. The number of primary amides is 1. The maximum absolute atomic E-state index is 14.1. The summed E-state index contributed by atoms with van der Waals surface area (Å²) in [7, 11) is 0. The number of carbonyl (C=O) groups is 6. The number of phenols is 1. The molecule has 0 bridgehead atoms. The van der Waals surface area contributed by atoms with Crippen LogP contribution in [0.4, 0.5) is 5.69 Å². The Bertz CT molecular complexity index is 2010. The lowest BCUT2D eigenvalue weighted by Crippen LogP contribution is -2.59. The summed E-state index contributed by atoms with van der Waals surface area (Å²) in [6.45, 7) is 5.32. The van der Waals surface area contributed by atoms with Crippen molar-refractivity contribution in [2.75, 3.05) is 5.32 Å². The minimum Gasteiger partial charge on any atom is -0.508 e. The van der Waals surface area contributed by atoms with Gasteiger partial charge in [-0.3, -0.25) is 28.8 Å². The number of amides is 6. The van der Waals surface area contributed by atoms with Crippen molar-refractivity contribution in [3.8, 4) is 5.75 Å². The van der Waals surface area contributed by atoms with Crippen LogP contribution in [0, 0.1) is 5.92 Å². The van der Waals surface area contributed by atoms with Gasteiger partial charge in [-0.25, -0.2) is 0 Å². The number of aromatic hydroxyl groups is 1. The van der Waals surface area contributed by atoms with E-state index < -0.39 is 66.2 Å². The predicted molar refractivity (Wildman–Crippen MR) is 224 cm³/mol. The number of benzene rings is 4. The molecule has 0 aliphatic carbocycles. The maximum Gasteiger partial charge on any atom is 0.248 e. The molecule has 0 heterocycles. The van der Waals surface area contributed by atoms with E-state index in [1.807, 2.05) is 67.6 Å². The summed E-state index contributed by atoms with van der Waals surface area (Å²) in [5.41, 5.74) is 8.19. The highest BCUT2D eigenvalue weighted by Gasteiger charge is 2.33. The molecule has 6 amide bonds. The van der Waals surface area contributed by atoms with E-state index in [9.17, 15) is 39.0 Å². The zero-order valence-corrected chi connectivity index (χ0v) is 33.5. The summed E-state index contributed by atoms with van der Waals surface area (Å²) in [5.74, 6) is -3.69. The molecule has 0 saturated heterocycles. The summed E-state index contributed by atoms with van der Waals surface area (Å²) < 4.78 is 0. The highest BCUT2D eigenvalue weighted by Crippen LogP contribution is 2.16. The molecule has 9 N–H and O–H groups in total. The van der Waals surface area contributed by atoms with Crippen LogP contribution in [0.1, 0.15) is 67.1 Å². The molecule has 0 radical (unpaired) electrons. The number of anilines is 1. The quantitative estimate of drug-likeness (QED) is 0.0622. The van der Waals surface area contributed by atoms with E-state index in [0.29, 0.717) is 17.7 Å². The molecular formula is C45H54N6O8. The van der Waals surface area contributed by atoms with Crippen LogP contribution in [-0.2, 0) is 43.2 Å². The van der Waals surface area contributed by atoms with E-state index in [2.05, 4.69) is 26.6 Å². The number of phenolic OH excluding ortho intramolecular Hbond substituents is 1. The van der Waals surface area contributed by atoms with Gasteiger partial charge >= 0.3 is 0 Å². The third kappa shape index (κ3) is 14.4. The Kier molecular flexibility index (Phi) is 17.2. The number of aliphatic hydroxyl groups is 1. The van der Waals surface area contributed by atoms with Gasteiger partial charge in [0.05, 0.1) is 18.6 Å². The third-order valence-electron chi connectivity index (χ3n) is 10.00. The Labute approximate surface area is 344 Å². The van der Waals surface area contributed by atoms with Gasteiger partial charge in [0.25, 0.3) is 0 Å². The molecule has 6 atom stereocenters. The molecule has 4 aromatic carbocycles. The first-order chi connectivity index (χ1) is 28.3. The molecular weight excluding hydrogens is 753 g/mol. The van der Waals surface area contributed by atoms with E-state index >= 15 is 0 Å². The third-order valence-corrected chi connectivity index (χ3v) is 10.00. The second kappa shape index (κ2) is 22.4. The van der Waals surface area contributed by atoms with Gasteiger partial charge in [0.1, 0.15) is 23.9 Å². The average molecular weight is 807 g/mol. The minimum absolute atomic E-state index is 0.0496. The number of nitrogens with two attached hydrogens (primary N) is 1. The van der Waals surface area contributed by atoms with E-state index in [1.54, 1.807) is 26.0 Å². The molecule has 0 aliphatic heterocycles. The van der Waals surface area contributed by atoms with E-state index in [1.165, 1.54) is 36.4 Å². The van der Waals surface area contributed by atoms with Crippen molar-refractivity contribution in [1.29, 1.82) is 0 Å². The number of rotatable bonds is 21. The van der Waals surface area contributed by atoms with Crippen molar-refractivity contribution in [2.24, 2.45) is 11.7 Å². The summed E-state index contributed by atoms with van der Waals surface area (Å²) in [6, 6.07) is 26.2. The Morgan fingerprint density at radius 2 is 1.14 bits per heavy atom. The fourth-order valence-electron chi connectivity index (χ4n) is 6.34. The highest BCUT2D eigenvalue weighted by atomic mass is 16.3. The first-order valence-corrected chi connectivity index (χ1v) is 19.7. The molecule has 0 spiro atoms. The van der Waals surface area contributed by atoms with Gasteiger partial charge in [0, 0.05) is 30.5 Å². The van der Waals surface area contributed by atoms with Gasteiger partial charge in [0.2, 0.25) is 35.4 Å². The molecule has 312 valence electrons. The number of aliphatic hydroxyl groups excluding tert-OH is 1. The first kappa shape index (κ1) is 45.2. The van der Waals surface area contributed by atoms with Gasteiger partial charge in [-0.15, -0.1) is 0 Å². The van der Waals surface area contributed by atoms with Crippen LogP contribution in [-0.4, -0.2) is 75.9 Å². The molecule has 0 aliphatic rings. The van der Waals surface area contributed by atoms with Gasteiger partial charge in [-0.1, -0.05) is 100.0 Å². The number of nitrogens with one attached hydrogen (secondary N) is 5. The normalized spacial score (nSPS) is 14.0. The van der Waals surface area contributed by atoms with Crippen molar-refractivity contribution in [3.63, 3.8) is 0 Å². The molecule has 14 heteroatoms. The number of carbonyl (C=O) groups excluding carboxylic acids is 6. The lowest BCUT2D eigenvalue weighted by Gasteiger charge is -2.30. The number of hydrogen-bond donors (Lipinski definition) is 8. The van der Waals surface area contributed by atoms with Gasteiger partial charge in [0.15, 0.2) is 0 Å². The largest absolute Gasteiger partial charge is 0.508 e. The molecule has 4 aromatic rings. The predicted octanol–water partition coefficient (Wildman–Crippen LogP) is 3.30. The Hall–Kier alpha value is -6.54. The topological polar surface area (TPSA) is 229 Å². The monoisotopic (exact) mass is 806 g/mol. The second-order valence-corrected chi connectivity index (χ2v) is 14.5. The van der Waals surface area contributed by atoms with Crippen molar-refractivity contribution in [2.45, 2.75) is 89.6 Å². The molecule has 14 nitrogen and oxygen atoms in total. The minimum atomic E-state index is -1.43. The van der Waals surface area contributed by atoms with Crippen LogP contribution in [0.25, 0.3) is 0 Å². The Morgan fingerprint density at radius 3 is 1.68 bits per heavy atom. The SMILES string of the molecule is CCC(=O)N[C@@H](Cc1ccc(O)cc1)C(=O)N[C@H](C(=O)N[C@@H](Cc1ccccc1)[C@@H](O)CC(=O)N[C@@H](Cc1ccccc1)C(=O)Nc1ccc(C(N)=O)cc1)C(C)CC. The Balaban J connectivity index is 1.53. The average Bonchev–Trinajstić information content (AvgIpc) is 3.23. The molecule has 0 fully saturated rings. The van der Waals surface area contributed by atoms with E-state index in [-0.39, 0.29) is 48.8 Å². The lowest BCUT2D eigenvalue weighted by atomic mass is 9.94. The van der Waals surface area contributed by atoms with Crippen LogP contribution in [0.5, 0.6) is 5.75 Å². The van der Waals surface area contributed by atoms with Crippen LogP contribution >= 0.6 is 0 Å². The fraction of sp³-hybridized carbons (Fsp3) is 0.333. The summed E-state index contributed by atoms with van der Waals surface area (Å²) in [5, 5.41) is 35.3. The van der Waals surface area contributed by atoms with Crippen molar-refractivity contribution in [3.05, 3.63) is 131 Å². The molecule has 0 aromatic heterocycles. The molecule has 59 heavy (non-hydrogen) atoms. The molecule has 4 rings (SSSR count). The van der Waals surface area contributed by atoms with Gasteiger partial charge in [-0.05, 0) is 65.4 Å². The molecule has 1 unspecified atom stereocenters. The molecule has 0 saturated carbocycles. The fourth-order valence-corrected chi connectivity index (χ4v) is 6.34. The zero-order valence-electron chi connectivity index (χ0n) is 33.5. The lowest BCUT2D eigenvalue weighted by molar-refractivity contribution is -0.134. The van der Waals surface area contributed by atoms with Crippen molar-refractivity contribution >= 4 is 41.1 Å². The maximum atomic E-state index is 14.1. The van der Waals surface area contributed by atoms with Crippen LogP contribution in [0.15, 0.2) is 109 Å².